The molecular weight excluding hydrogens is 265 g/mol. The standard InChI is InChI=1S/C17H22FN3/c1-12(2)9-19-10-14-11-20-21(17(14)13-3-4-13)16-7-5-15(18)6-8-16/h5-8,11-13,19H,3-4,9-10H2,1-2H3. The van der Waals surface area contributed by atoms with Gasteiger partial charge in [-0.1, -0.05) is 13.8 Å². The summed E-state index contributed by atoms with van der Waals surface area (Å²) in [6.45, 7) is 6.27. The summed E-state index contributed by atoms with van der Waals surface area (Å²) >= 11 is 0. The van der Waals surface area contributed by atoms with E-state index in [-0.39, 0.29) is 5.82 Å². The molecule has 1 aliphatic rings. The summed E-state index contributed by atoms with van der Waals surface area (Å²) in [5, 5.41) is 8.01. The zero-order valence-electron chi connectivity index (χ0n) is 12.6. The Hall–Kier alpha value is -1.68. The molecule has 1 fully saturated rings. The van der Waals surface area contributed by atoms with Crippen LogP contribution in [0.1, 0.15) is 43.9 Å². The van der Waals surface area contributed by atoms with Crippen molar-refractivity contribution in [1.82, 2.24) is 15.1 Å². The van der Waals surface area contributed by atoms with Crippen molar-refractivity contribution in [3.63, 3.8) is 0 Å². The molecule has 0 amide bonds. The minimum Gasteiger partial charge on any atom is -0.312 e. The first-order valence-electron chi connectivity index (χ1n) is 7.68. The summed E-state index contributed by atoms with van der Waals surface area (Å²) in [5.74, 6) is 1.03. The first kappa shape index (κ1) is 14.3. The molecule has 1 heterocycles. The molecule has 1 aliphatic carbocycles. The van der Waals surface area contributed by atoms with Gasteiger partial charge in [-0.15, -0.1) is 0 Å². The molecular formula is C17H22FN3. The van der Waals surface area contributed by atoms with Gasteiger partial charge < -0.3 is 5.32 Å². The van der Waals surface area contributed by atoms with Crippen LogP contribution in [0.15, 0.2) is 30.5 Å². The highest BCUT2D eigenvalue weighted by molar-refractivity contribution is 5.38. The van der Waals surface area contributed by atoms with Gasteiger partial charge in [0.25, 0.3) is 0 Å². The predicted octanol–water partition coefficient (Wildman–Crippen LogP) is 3.63. The second-order valence-electron chi connectivity index (χ2n) is 6.24. The minimum absolute atomic E-state index is 0.210. The van der Waals surface area contributed by atoms with E-state index in [2.05, 4.69) is 24.3 Å². The van der Waals surface area contributed by atoms with Crippen LogP contribution >= 0.6 is 0 Å². The molecule has 3 nitrogen and oxygen atoms in total. The smallest absolute Gasteiger partial charge is 0.123 e. The van der Waals surface area contributed by atoms with Crippen molar-refractivity contribution in [2.75, 3.05) is 6.54 Å². The second-order valence-corrected chi connectivity index (χ2v) is 6.24. The van der Waals surface area contributed by atoms with Gasteiger partial charge in [-0.3, -0.25) is 0 Å². The molecule has 1 aromatic heterocycles. The van der Waals surface area contributed by atoms with E-state index in [1.165, 1.54) is 36.2 Å². The molecule has 0 aliphatic heterocycles. The maximum atomic E-state index is 13.1. The normalized spacial score (nSPS) is 14.9. The third kappa shape index (κ3) is 3.32. The Morgan fingerprint density at radius 2 is 2.00 bits per heavy atom. The first-order valence-corrected chi connectivity index (χ1v) is 7.68. The predicted molar refractivity (Wildman–Crippen MR) is 82.0 cm³/mol. The van der Waals surface area contributed by atoms with E-state index in [1.54, 1.807) is 12.1 Å². The summed E-state index contributed by atoms with van der Waals surface area (Å²) < 4.78 is 15.1. The molecule has 0 atom stereocenters. The summed E-state index contributed by atoms with van der Waals surface area (Å²) in [6, 6.07) is 6.56. The summed E-state index contributed by atoms with van der Waals surface area (Å²) in [7, 11) is 0. The van der Waals surface area contributed by atoms with E-state index in [0.29, 0.717) is 11.8 Å². The van der Waals surface area contributed by atoms with Crippen LogP contribution in [0.2, 0.25) is 0 Å². The Bertz CT molecular complexity index is 597. The number of benzene rings is 1. The Labute approximate surface area is 125 Å². The van der Waals surface area contributed by atoms with Gasteiger partial charge in [0.05, 0.1) is 17.6 Å². The van der Waals surface area contributed by atoms with Crippen LogP contribution in [0.5, 0.6) is 0 Å². The van der Waals surface area contributed by atoms with Gasteiger partial charge >= 0.3 is 0 Å². The Balaban J connectivity index is 1.84. The van der Waals surface area contributed by atoms with E-state index in [4.69, 9.17) is 0 Å². The van der Waals surface area contributed by atoms with Gasteiger partial charge in [0, 0.05) is 18.0 Å². The molecule has 21 heavy (non-hydrogen) atoms. The molecule has 0 radical (unpaired) electrons. The molecule has 0 unspecified atom stereocenters. The van der Waals surface area contributed by atoms with Crippen molar-refractivity contribution in [2.45, 2.75) is 39.2 Å². The zero-order chi connectivity index (χ0) is 14.8. The van der Waals surface area contributed by atoms with E-state index >= 15 is 0 Å². The van der Waals surface area contributed by atoms with E-state index in [1.807, 2.05) is 10.9 Å². The number of nitrogens with one attached hydrogen (secondary N) is 1. The fourth-order valence-corrected chi connectivity index (χ4v) is 2.60. The highest BCUT2D eigenvalue weighted by Crippen LogP contribution is 2.42. The summed E-state index contributed by atoms with van der Waals surface area (Å²) in [4.78, 5) is 0. The summed E-state index contributed by atoms with van der Waals surface area (Å²) in [6.07, 6.45) is 4.40. The van der Waals surface area contributed by atoms with Crippen LogP contribution in [0.4, 0.5) is 4.39 Å². The maximum absolute atomic E-state index is 13.1. The molecule has 1 N–H and O–H groups in total. The largest absolute Gasteiger partial charge is 0.312 e. The molecule has 1 saturated carbocycles. The van der Waals surface area contributed by atoms with Gasteiger partial charge in [0.1, 0.15) is 5.82 Å². The molecule has 112 valence electrons. The number of halogens is 1. The SMILES string of the molecule is CC(C)CNCc1cnn(-c2ccc(F)cc2)c1C1CC1. The highest BCUT2D eigenvalue weighted by atomic mass is 19.1. The van der Waals surface area contributed by atoms with Crippen molar-refractivity contribution in [3.05, 3.63) is 47.5 Å². The average molecular weight is 287 g/mol. The van der Waals surface area contributed by atoms with Crippen LogP contribution in [0.3, 0.4) is 0 Å². The molecule has 3 rings (SSSR count). The van der Waals surface area contributed by atoms with Crippen LogP contribution in [-0.4, -0.2) is 16.3 Å². The average Bonchev–Trinajstić information content (AvgIpc) is 3.21. The first-order chi connectivity index (χ1) is 10.1. The van der Waals surface area contributed by atoms with Crippen molar-refractivity contribution in [3.8, 4) is 5.69 Å². The third-order valence-corrected chi connectivity index (χ3v) is 3.79. The second kappa shape index (κ2) is 5.98. The topological polar surface area (TPSA) is 29.9 Å². The number of rotatable bonds is 6. The van der Waals surface area contributed by atoms with Gasteiger partial charge in [-0.05, 0) is 49.6 Å². The van der Waals surface area contributed by atoms with E-state index in [9.17, 15) is 4.39 Å². The quantitative estimate of drug-likeness (QED) is 0.879. The van der Waals surface area contributed by atoms with Crippen molar-refractivity contribution in [2.24, 2.45) is 5.92 Å². The summed E-state index contributed by atoms with van der Waals surface area (Å²) in [5.41, 5.74) is 3.49. The van der Waals surface area contributed by atoms with Crippen LogP contribution in [-0.2, 0) is 6.54 Å². The molecule has 4 heteroatoms. The lowest BCUT2D eigenvalue weighted by Gasteiger charge is -2.10. The Kier molecular flexibility index (Phi) is 4.06. The number of aromatic nitrogens is 2. The number of hydrogen-bond donors (Lipinski definition) is 1. The molecule has 0 spiro atoms. The number of hydrogen-bond acceptors (Lipinski definition) is 2. The molecule has 0 bridgehead atoms. The minimum atomic E-state index is -0.210. The maximum Gasteiger partial charge on any atom is 0.123 e. The monoisotopic (exact) mass is 287 g/mol. The van der Waals surface area contributed by atoms with Gasteiger partial charge in [-0.2, -0.15) is 5.10 Å². The van der Waals surface area contributed by atoms with Crippen molar-refractivity contribution >= 4 is 0 Å². The van der Waals surface area contributed by atoms with Gasteiger partial charge in [0.2, 0.25) is 0 Å². The highest BCUT2D eigenvalue weighted by Gasteiger charge is 2.30. The van der Waals surface area contributed by atoms with Crippen molar-refractivity contribution < 1.29 is 4.39 Å². The van der Waals surface area contributed by atoms with Gasteiger partial charge in [-0.25, -0.2) is 9.07 Å². The lowest BCUT2D eigenvalue weighted by molar-refractivity contribution is 0.550. The van der Waals surface area contributed by atoms with Crippen LogP contribution in [0, 0.1) is 11.7 Å². The van der Waals surface area contributed by atoms with Crippen molar-refractivity contribution in [1.29, 1.82) is 0 Å². The Morgan fingerprint density at radius 1 is 1.29 bits per heavy atom. The van der Waals surface area contributed by atoms with Crippen LogP contribution in [0.25, 0.3) is 5.69 Å². The van der Waals surface area contributed by atoms with Crippen LogP contribution < -0.4 is 5.32 Å². The van der Waals surface area contributed by atoms with Gasteiger partial charge in [0.15, 0.2) is 0 Å². The third-order valence-electron chi connectivity index (χ3n) is 3.79. The Morgan fingerprint density at radius 3 is 2.62 bits per heavy atom. The molecule has 0 saturated heterocycles. The fourth-order valence-electron chi connectivity index (χ4n) is 2.60. The lowest BCUT2D eigenvalue weighted by Crippen LogP contribution is -2.19. The van der Waals surface area contributed by atoms with E-state index < -0.39 is 0 Å². The fraction of sp³-hybridized carbons (Fsp3) is 0.471. The molecule has 1 aromatic carbocycles. The molecule has 2 aromatic rings. The lowest BCUT2D eigenvalue weighted by atomic mass is 10.1. The zero-order valence-corrected chi connectivity index (χ0v) is 12.6. The number of nitrogens with zero attached hydrogens (tertiary/aromatic N) is 2. The van der Waals surface area contributed by atoms with E-state index in [0.717, 1.165) is 18.8 Å².